The predicted octanol–water partition coefficient (Wildman–Crippen LogP) is 3.83. The minimum Gasteiger partial charge on any atom is -0.486 e. The predicted molar refractivity (Wildman–Crippen MR) is 94.2 cm³/mol. The number of benzene rings is 1. The summed E-state index contributed by atoms with van der Waals surface area (Å²) in [6.07, 6.45) is 3.51. The van der Waals surface area contributed by atoms with Gasteiger partial charge in [0.15, 0.2) is 11.5 Å². The summed E-state index contributed by atoms with van der Waals surface area (Å²) in [6, 6.07) is 10.1. The molecule has 4 nitrogen and oxygen atoms in total. The Hall–Kier alpha value is -2.01. The van der Waals surface area contributed by atoms with Crippen molar-refractivity contribution in [2.24, 2.45) is 5.92 Å². The van der Waals surface area contributed by atoms with E-state index in [0.29, 0.717) is 25.7 Å². The number of amides is 1. The Morgan fingerprint density at radius 2 is 2.04 bits per heavy atom. The van der Waals surface area contributed by atoms with E-state index in [1.165, 1.54) is 29.7 Å². The summed E-state index contributed by atoms with van der Waals surface area (Å²) in [7, 11) is 0. The van der Waals surface area contributed by atoms with Crippen molar-refractivity contribution in [3.8, 4) is 11.5 Å². The molecule has 5 heteroatoms. The lowest BCUT2D eigenvalue weighted by molar-refractivity contribution is 0.0956. The van der Waals surface area contributed by atoms with Gasteiger partial charge in [0.2, 0.25) is 0 Å². The maximum atomic E-state index is 12.1. The average molecular weight is 343 g/mol. The van der Waals surface area contributed by atoms with Crippen LogP contribution in [-0.2, 0) is 0 Å². The Bertz CT molecular complexity index is 709. The van der Waals surface area contributed by atoms with Crippen LogP contribution in [0.25, 0.3) is 0 Å². The molecule has 0 saturated heterocycles. The SMILES string of the molecule is O=C(NCCC(c1ccc2c(c1)OCCO2)C1CC1)c1cccs1. The van der Waals surface area contributed by atoms with E-state index in [1.807, 2.05) is 23.6 Å². The average Bonchev–Trinajstić information content (AvgIpc) is 3.30. The van der Waals surface area contributed by atoms with Crippen LogP contribution in [0.4, 0.5) is 0 Å². The summed E-state index contributed by atoms with van der Waals surface area (Å²) in [6.45, 7) is 1.93. The number of thiophene rings is 1. The fraction of sp³-hybridized carbons (Fsp3) is 0.421. The molecule has 2 heterocycles. The zero-order chi connectivity index (χ0) is 16.4. The smallest absolute Gasteiger partial charge is 0.261 e. The van der Waals surface area contributed by atoms with Crippen LogP contribution in [0.15, 0.2) is 35.7 Å². The van der Waals surface area contributed by atoms with E-state index in [1.54, 1.807) is 0 Å². The van der Waals surface area contributed by atoms with Crippen LogP contribution in [0.5, 0.6) is 11.5 Å². The van der Waals surface area contributed by atoms with E-state index in [-0.39, 0.29) is 5.91 Å². The summed E-state index contributed by atoms with van der Waals surface area (Å²) >= 11 is 1.48. The summed E-state index contributed by atoms with van der Waals surface area (Å²) in [5.41, 5.74) is 1.30. The first-order valence-electron chi connectivity index (χ1n) is 8.52. The van der Waals surface area contributed by atoms with E-state index in [0.717, 1.165) is 28.7 Å². The van der Waals surface area contributed by atoms with Gasteiger partial charge in [0, 0.05) is 6.54 Å². The van der Waals surface area contributed by atoms with E-state index < -0.39 is 0 Å². The summed E-state index contributed by atoms with van der Waals surface area (Å²) in [5.74, 6) is 2.93. The Balaban J connectivity index is 1.40. The highest BCUT2D eigenvalue weighted by Gasteiger charge is 2.32. The molecule has 1 aromatic heterocycles. The third-order valence-corrected chi connectivity index (χ3v) is 5.54. The Morgan fingerprint density at radius 3 is 2.79 bits per heavy atom. The van der Waals surface area contributed by atoms with E-state index in [9.17, 15) is 4.79 Å². The van der Waals surface area contributed by atoms with Gasteiger partial charge in [-0.25, -0.2) is 0 Å². The Morgan fingerprint density at radius 1 is 1.21 bits per heavy atom. The quantitative estimate of drug-likeness (QED) is 0.867. The maximum absolute atomic E-state index is 12.1. The van der Waals surface area contributed by atoms with Gasteiger partial charge in [-0.3, -0.25) is 4.79 Å². The normalized spacial score (nSPS) is 17.3. The molecule has 126 valence electrons. The Kier molecular flexibility index (Phi) is 4.43. The largest absolute Gasteiger partial charge is 0.486 e. The molecule has 4 rings (SSSR count). The van der Waals surface area contributed by atoms with Crippen molar-refractivity contribution in [1.29, 1.82) is 0 Å². The number of hydrogen-bond acceptors (Lipinski definition) is 4. The zero-order valence-electron chi connectivity index (χ0n) is 13.5. The molecule has 1 aliphatic carbocycles. The first-order valence-corrected chi connectivity index (χ1v) is 9.40. The lowest BCUT2D eigenvalue weighted by atomic mass is 9.90. The summed E-state index contributed by atoms with van der Waals surface area (Å²) in [5, 5.41) is 4.97. The van der Waals surface area contributed by atoms with Crippen LogP contribution < -0.4 is 14.8 Å². The molecule has 1 N–H and O–H groups in total. The molecule has 2 aliphatic rings. The number of rotatable bonds is 6. The molecule has 1 aromatic carbocycles. The number of nitrogens with one attached hydrogen (secondary N) is 1. The fourth-order valence-electron chi connectivity index (χ4n) is 3.30. The highest BCUT2D eigenvalue weighted by atomic mass is 32.1. The Labute approximate surface area is 145 Å². The van der Waals surface area contributed by atoms with Crippen LogP contribution in [-0.4, -0.2) is 25.7 Å². The van der Waals surface area contributed by atoms with Gasteiger partial charge in [-0.05, 0) is 60.2 Å². The molecule has 1 aliphatic heterocycles. The molecule has 0 bridgehead atoms. The van der Waals surface area contributed by atoms with Gasteiger partial charge >= 0.3 is 0 Å². The van der Waals surface area contributed by atoms with Gasteiger partial charge in [0.25, 0.3) is 5.91 Å². The second kappa shape index (κ2) is 6.85. The van der Waals surface area contributed by atoms with Gasteiger partial charge in [-0.15, -0.1) is 11.3 Å². The topological polar surface area (TPSA) is 47.6 Å². The van der Waals surface area contributed by atoms with Crippen molar-refractivity contribution in [3.05, 3.63) is 46.2 Å². The first-order chi connectivity index (χ1) is 11.8. The van der Waals surface area contributed by atoms with Crippen molar-refractivity contribution in [2.75, 3.05) is 19.8 Å². The fourth-order valence-corrected chi connectivity index (χ4v) is 3.94. The number of carbonyl (C=O) groups is 1. The van der Waals surface area contributed by atoms with E-state index in [4.69, 9.17) is 9.47 Å². The van der Waals surface area contributed by atoms with Crippen molar-refractivity contribution >= 4 is 17.2 Å². The highest BCUT2D eigenvalue weighted by Crippen LogP contribution is 2.46. The lowest BCUT2D eigenvalue weighted by Gasteiger charge is -2.22. The maximum Gasteiger partial charge on any atom is 0.261 e. The lowest BCUT2D eigenvalue weighted by Crippen LogP contribution is -2.25. The van der Waals surface area contributed by atoms with Gasteiger partial charge < -0.3 is 14.8 Å². The van der Waals surface area contributed by atoms with Gasteiger partial charge in [-0.2, -0.15) is 0 Å². The minimum atomic E-state index is 0.0294. The summed E-state index contributed by atoms with van der Waals surface area (Å²) < 4.78 is 11.3. The van der Waals surface area contributed by atoms with Crippen LogP contribution in [0.3, 0.4) is 0 Å². The highest BCUT2D eigenvalue weighted by molar-refractivity contribution is 7.12. The standard InChI is InChI=1S/C19H21NO3S/c21-19(18-2-1-11-24-18)20-8-7-15(13-3-4-13)14-5-6-16-17(12-14)23-10-9-22-16/h1-2,5-6,11-13,15H,3-4,7-10H2,(H,20,21). The summed E-state index contributed by atoms with van der Waals surface area (Å²) in [4.78, 5) is 12.8. The molecule has 1 amide bonds. The molecule has 24 heavy (non-hydrogen) atoms. The third-order valence-electron chi connectivity index (χ3n) is 4.67. The monoisotopic (exact) mass is 343 g/mol. The molecular formula is C19H21NO3S. The van der Waals surface area contributed by atoms with E-state index >= 15 is 0 Å². The second-order valence-electron chi connectivity index (χ2n) is 6.37. The first kappa shape index (κ1) is 15.5. The number of carbonyl (C=O) groups excluding carboxylic acids is 1. The van der Waals surface area contributed by atoms with Crippen LogP contribution in [0, 0.1) is 5.92 Å². The van der Waals surface area contributed by atoms with Crippen molar-refractivity contribution < 1.29 is 14.3 Å². The van der Waals surface area contributed by atoms with Gasteiger partial charge in [0.05, 0.1) is 4.88 Å². The van der Waals surface area contributed by atoms with Crippen molar-refractivity contribution in [3.63, 3.8) is 0 Å². The van der Waals surface area contributed by atoms with Crippen LogP contribution in [0.1, 0.15) is 40.4 Å². The van der Waals surface area contributed by atoms with E-state index in [2.05, 4.69) is 17.4 Å². The number of ether oxygens (including phenoxy) is 2. The zero-order valence-corrected chi connectivity index (χ0v) is 14.3. The molecule has 2 aromatic rings. The van der Waals surface area contributed by atoms with Crippen molar-refractivity contribution in [1.82, 2.24) is 5.32 Å². The second-order valence-corrected chi connectivity index (χ2v) is 7.32. The number of hydrogen-bond donors (Lipinski definition) is 1. The van der Waals surface area contributed by atoms with Crippen LogP contribution >= 0.6 is 11.3 Å². The molecule has 1 atom stereocenters. The number of fused-ring (bicyclic) bond motifs is 1. The molecule has 1 unspecified atom stereocenters. The molecular weight excluding hydrogens is 322 g/mol. The van der Waals surface area contributed by atoms with Gasteiger partial charge in [-0.1, -0.05) is 12.1 Å². The van der Waals surface area contributed by atoms with Gasteiger partial charge in [0.1, 0.15) is 13.2 Å². The molecule has 0 radical (unpaired) electrons. The minimum absolute atomic E-state index is 0.0294. The third kappa shape index (κ3) is 3.41. The van der Waals surface area contributed by atoms with Crippen LogP contribution in [0.2, 0.25) is 0 Å². The molecule has 1 saturated carbocycles. The molecule has 0 spiro atoms. The molecule has 1 fully saturated rings. The van der Waals surface area contributed by atoms with Crippen molar-refractivity contribution in [2.45, 2.75) is 25.2 Å².